The predicted octanol–water partition coefficient (Wildman–Crippen LogP) is 3.95. The number of aryl methyl sites for hydroxylation is 1. The lowest BCUT2D eigenvalue weighted by Gasteiger charge is -2.25. The smallest absolute Gasteiger partial charge is 0.295 e. The minimum Gasteiger partial charge on any atom is -0.508 e. The van der Waals surface area contributed by atoms with Gasteiger partial charge in [0.05, 0.1) is 30.4 Å². The van der Waals surface area contributed by atoms with Gasteiger partial charge in [-0.05, 0) is 57.0 Å². The Morgan fingerprint density at radius 1 is 1.12 bits per heavy atom. The summed E-state index contributed by atoms with van der Waals surface area (Å²) in [4.78, 5) is 27.5. The molecule has 2 aromatic carbocycles. The number of hydrogen-bond acceptors (Lipinski definition) is 6. The lowest BCUT2D eigenvalue weighted by molar-refractivity contribution is -0.140. The number of carbonyl (C=O) groups is 2. The number of methoxy groups -OCH3 is 1. The molecule has 0 bridgehead atoms. The summed E-state index contributed by atoms with van der Waals surface area (Å²) in [6, 6.07) is 10.7. The van der Waals surface area contributed by atoms with Crippen molar-refractivity contribution in [1.29, 1.82) is 0 Å². The highest BCUT2D eigenvalue weighted by Gasteiger charge is 2.46. The van der Waals surface area contributed by atoms with Gasteiger partial charge in [-0.3, -0.25) is 9.59 Å². The SMILES string of the molecule is COc1ccc(C)cc1/C(O)=C1\C(=O)C(=O)N(CCCOC(C)C)C1c1ccc(O)cc1. The number of amides is 1. The summed E-state index contributed by atoms with van der Waals surface area (Å²) in [7, 11) is 1.48. The highest BCUT2D eigenvalue weighted by atomic mass is 16.5. The Kier molecular flexibility index (Phi) is 7.20. The molecule has 1 unspecified atom stereocenters. The quantitative estimate of drug-likeness (QED) is 0.280. The second-order valence-corrected chi connectivity index (χ2v) is 8.06. The molecule has 2 N–H and O–H groups in total. The molecular weight excluding hydrogens is 410 g/mol. The molecule has 3 rings (SSSR count). The van der Waals surface area contributed by atoms with Crippen LogP contribution in [0.2, 0.25) is 0 Å². The Morgan fingerprint density at radius 3 is 2.44 bits per heavy atom. The first kappa shape index (κ1) is 23.3. The van der Waals surface area contributed by atoms with Gasteiger partial charge in [-0.2, -0.15) is 0 Å². The van der Waals surface area contributed by atoms with E-state index in [4.69, 9.17) is 9.47 Å². The van der Waals surface area contributed by atoms with Crippen LogP contribution >= 0.6 is 0 Å². The number of aliphatic hydroxyl groups excluding tert-OH is 1. The number of nitrogens with zero attached hydrogens (tertiary/aromatic N) is 1. The molecule has 1 aliphatic heterocycles. The van der Waals surface area contributed by atoms with Crippen molar-refractivity contribution in [2.24, 2.45) is 0 Å². The van der Waals surface area contributed by atoms with Gasteiger partial charge in [0.1, 0.15) is 17.3 Å². The number of Topliss-reactive ketones (excluding diaryl/α,β-unsaturated/α-hetero) is 1. The van der Waals surface area contributed by atoms with Crippen molar-refractivity contribution in [2.45, 2.75) is 39.3 Å². The number of rotatable bonds is 8. The van der Waals surface area contributed by atoms with E-state index >= 15 is 0 Å². The summed E-state index contributed by atoms with van der Waals surface area (Å²) in [6.45, 7) is 6.44. The first-order valence-electron chi connectivity index (χ1n) is 10.6. The van der Waals surface area contributed by atoms with Crippen molar-refractivity contribution in [3.05, 3.63) is 64.7 Å². The molecule has 7 nitrogen and oxygen atoms in total. The Hall–Kier alpha value is -3.32. The van der Waals surface area contributed by atoms with E-state index in [1.165, 1.54) is 24.1 Å². The summed E-state index contributed by atoms with van der Waals surface area (Å²) in [5.41, 5.74) is 1.82. The van der Waals surface area contributed by atoms with Gasteiger partial charge >= 0.3 is 0 Å². The molecular formula is C25H29NO6. The monoisotopic (exact) mass is 439 g/mol. The van der Waals surface area contributed by atoms with Crippen LogP contribution in [0.3, 0.4) is 0 Å². The molecule has 0 aliphatic carbocycles. The Balaban J connectivity index is 2.09. The van der Waals surface area contributed by atoms with Gasteiger partial charge in [-0.15, -0.1) is 0 Å². The van der Waals surface area contributed by atoms with Crippen LogP contribution in [0, 0.1) is 6.92 Å². The van der Waals surface area contributed by atoms with Crippen LogP contribution in [-0.4, -0.2) is 53.2 Å². The van der Waals surface area contributed by atoms with Gasteiger partial charge in [0.2, 0.25) is 0 Å². The molecule has 1 saturated heterocycles. The zero-order valence-electron chi connectivity index (χ0n) is 18.8. The van der Waals surface area contributed by atoms with Crippen LogP contribution in [0.4, 0.5) is 0 Å². The number of aliphatic hydroxyl groups is 1. The Morgan fingerprint density at radius 2 is 1.81 bits per heavy atom. The van der Waals surface area contributed by atoms with Crippen molar-refractivity contribution in [3.8, 4) is 11.5 Å². The molecule has 170 valence electrons. The Bertz CT molecular complexity index is 1030. The lowest BCUT2D eigenvalue weighted by Crippen LogP contribution is -2.31. The molecule has 1 fully saturated rings. The van der Waals surface area contributed by atoms with E-state index in [2.05, 4.69) is 0 Å². The van der Waals surface area contributed by atoms with Crippen LogP contribution in [-0.2, 0) is 14.3 Å². The fourth-order valence-corrected chi connectivity index (χ4v) is 3.82. The van der Waals surface area contributed by atoms with Crippen molar-refractivity contribution < 1.29 is 29.3 Å². The van der Waals surface area contributed by atoms with E-state index in [0.717, 1.165) is 5.56 Å². The topological polar surface area (TPSA) is 96.3 Å². The summed E-state index contributed by atoms with van der Waals surface area (Å²) >= 11 is 0. The van der Waals surface area contributed by atoms with Crippen molar-refractivity contribution in [1.82, 2.24) is 4.90 Å². The summed E-state index contributed by atoms with van der Waals surface area (Å²) in [5.74, 6) is -1.26. The van der Waals surface area contributed by atoms with Gasteiger partial charge in [0.25, 0.3) is 11.7 Å². The minimum atomic E-state index is -0.792. The third-order valence-corrected chi connectivity index (χ3v) is 5.35. The number of hydrogen-bond donors (Lipinski definition) is 2. The summed E-state index contributed by atoms with van der Waals surface area (Å²) in [5, 5.41) is 20.9. The summed E-state index contributed by atoms with van der Waals surface area (Å²) in [6.07, 6.45) is 0.597. The van der Waals surface area contributed by atoms with Crippen molar-refractivity contribution in [3.63, 3.8) is 0 Å². The normalized spacial score (nSPS) is 17.9. The van der Waals surface area contributed by atoms with Crippen molar-refractivity contribution in [2.75, 3.05) is 20.3 Å². The van der Waals surface area contributed by atoms with Crippen LogP contribution in [0.25, 0.3) is 5.76 Å². The van der Waals surface area contributed by atoms with E-state index in [1.807, 2.05) is 26.8 Å². The molecule has 1 atom stereocenters. The van der Waals surface area contributed by atoms with Crippen LogP contribution < -0.4 is 4.74 Å². The maximum absolute atomic E-state index is 13.1. The number of phenols is 1. The second kappa shape index (κ2) is 9.87. The number of ether oxygens (including phenoxy) is 2. The first-order chi connectivity index (χ1) is 15.2. The predicted molar refractivity (Wildman–Crippen MR) is 121 cm³/mol. The van der Waals surface area contributed by atoms with E-state index in [-0.39, 0.29) is 29.7 Å². The maximum Gasteiger partial charge on any atom is 0.295 e. The van der Waals surface area contributed by atoms with E-state index in [9.17, 15) is 19.8 Å². The van der Waals surface area contributed by atoms with Gasteiger partial charge in [0.15, 0.2) is 0 Å². The van der Waals surface area contributed by atoms with Crippen LogP contribution in [0.1, 0.15) is 43.0 Å². The average molecular weight is 440 g/mol. The maximum atomic E-state index is 13.1. The number of ketones is 1. The average Bonchev–Trinajstić information content (AvgIpc) is 3.01. The largest absolute Gasteiger partial charge is 0.508 e. The van der Waals surface area contributed by atoms with Gasteiger partial charge < -0.3 is 24.6 Å². The van der Waals surface area contributed by atoms with Gasteiger partial charge in [0, 0.05) is 13.2 Å². The zero-order chi connectivity index (χ0) is 23.4. The molecule has 0 aromatic heterocycles. The highest BCUT2D eigenvalue weighted by molar-refractivity contribution is 6.46. The van der Waals surface area contributed by atoms with Crippen molar-refractivity contribution >= 4 is 17.4 Å². The molecule has 1 aliphatic rings. The fraction of sp³-hybridized carbons (Fsp3) is 0.360. The van der Waals surface area contributed by atoms with E-state index in [1.54, 1.807) is 24.3 Å². The molecule has 0 spiro atoms. The molecule has 7 heteroatoms. The van der Waals surface area contributed by atoms with E-state index in [0.29, 0.717) is 29.9 Å². The second-order valence-electron chi connectivity index (χ2n) is 8.06. The van der Waals surface area contributed by atoms with Crippen LogP contribution in [0.5, 0.6) is 11.5 Å². The molecule has 1 heterocycles. The number of phenolic OH excluding ortho intramolecular Hbond substituents is 1. The minimum absolute atomic E-state index is 0.00522. The Labute approximate surface area is 187 Å². The zero-order valence-corrected chi connectivity index (χ0v) is 18.8. The third-order valence-electron chi connectivity index (χ3n) is 5.35. The highest BCUT2D eigenvalue weighted by Crippen LogP contribution is 2.41. The summed E-state index contributed by atoms with van der Waals surface area (Å²) < 4.78 is 10.9. The number of aromatic hydroxyl groups is 1. The first-order valence-corrected chi connectivity index (χ1v) is 10.6. The number of benzene rings is 2. The molecule has 0 radical (unpaired) electrons. The van der Waals surface area contributed by atoms with E-state index < -0.39 is 17.7 Å². The van der Waals surface area contributed by atoms with Gasteiger partial charge in [-0.25, -0.2) is 0 Å². The molecule has 1 amide bonds. The fourth-order valence-electron chi connectivity index (χ4n) is 3.82. The molecule has 32 heavy (non-hydrogen) atoms. The number of likely N-dealkylation sites (tertiary alicyclic amines) is 1. The van der Waals surface area contributed by atoms with Gasteiger partial charge in [-0.1, -0.05) is 23.8 Å². The third kappa shape index (κ3) is 4.78. The molecule has 2 aromatic rings. The number of carbonyl (C=O) groups excluding carboxylic acids is 2. The van der Waals surface area contributed by atoms with Crippen LogP contribution in [0.15, 0.2) is 48.0 Å². The standard InChI is InChI=1S/C25H29NO6/c1-15(2)32-13-5-12-26-22(17-7-9-18(27)10-8-17)21(24(29)25(26)30)23(28)19-14-16(3)6-11-20(19)31-4/h6-11,14-15,22,27-28H,5,12-13H2,1-4H3/b23-21+. The molecule has 0 saturated carbocycles. The lowest BCUT2D eigenvalue weighted by atomic mass is 9.94.